The second kappa shape index (κ2) is 8.80. The van der Waals surface area contributed by atoms with Crippen LogP contribution >= 0.6 is 0 Å². The Morgan fingerprint density at radius 3 is 2.87 bits per heavy atom. The van der Waals surface area contributed by atoms with Gasteiger partial charge in [-0.15, -0.1) is 0 Å². The molecule has 0 radical (unpaired) electrons. The minimum atomic E-state index is 0.409. The van der Waals surface area contributed by atoms with Crippen molar-refractivity contribution in [2.45, 2.75) is 32.1 Å². The van der Waals surface area contributed by atoms with E-state index >= 15 is 0 Å². The molecule has 1 aromatic carbocycles. The van der Waals surface area contributed by atoms with Gasteiger partial charge in [0.15, 0.2) is 0 Å². The van der Waals surface area contributed by atoms with Gasteiger partial charge < -0.3 is 19.7 Å². The molecule has 31 heavy (non-hydrogen) atoms. The Morgan fingerprint density at radius 1 is 1.16 bits per heavy atom. The molecular weight excluding hydrogens is 392 g/mol. The summed E-state index contributed by atoms with van der Waals surface area (Å²) in [6.07, 6.45) is 4.91. The van der Waals surface area contributed by atoms with E-state index in [0.29, 0.717) is 25.1 Å². The van der Waals surface area contributed by atoms with Crippen LogP contribution in [0.15, 0.2) is 18.3 Å². The van der Waals surface area contributed by atoms with Crippen molar-refractivity contribution in [3.8, 4) is 6.01 Å². The number of hydrogen-bond acceptors (Lipinski definition) is 7. The van der Waals surface area contributed by atoms with E-state index < -0.39 is 0 Å². The monoisotopic (exact) mass is 422 g/mol. The molecule has 1 atom stereocenters. The van der Waals surface area contributed by atoms with Crippen molar-refractivity contribution in [1.82, 2.24) is 25.5 Å². The van der Waals surface area contributed by atoms with Gasteiger partial charge in [0.2, 0.25) is 0 Å². The van der Waals surface area contributed by atoms with Gasteiger partial charge in [-0.1, -0.05) is 6.07 Å². The summed E-state index contributed by atoms with van der Waals surface area (Å²) in [7, 11) is 1.67. The summed E-state index contributed by atoms with van der Waals surface area (Å²) in [5.41, 5.74) is 6.21. The summed E-state index contributed by atoms with van der Waals surface area (Å²) in [6, 6.07) is 4.77. The minimum Gasteiger partial charge on any atom is -0.461 e. The van der Waals surface area contributed by atoms with Crippen LogP contribution in [0.5, 0.6) is 6.01 Å². The quantitative estimate of drug-likeness (QED) is 0.590. The van der Waals surface area contributed by atoms with Crippen molar-refractivity contribution in [3.63, 3.8) is 0 Å². The average molecular weight is 423 g/mol. The van der Waals surface area contributed by atoms with Crippen molar-refractivity contribution in [3.05, 3.63) is 40.7 Å². The maximum atomic E-state index is 5.86. The second-order valence-electron chi connectivity index (χ2n) is 8.40. The maximum absolute atomic E-state index is 5.86. The predicted molar refractivity (Wildman–Crippen MR) is 120 cm³/mol. The Balaban J connectivity index is 1.51. The van der Waals surface area contributed by atoms with Crippen LogP contribution in [0.25, 0.3) is 10.9 Å². The summed E-state index contributed by atoms with van der Waals surface area (Å²) in [6.45, 7) is 7.03. The van der Waals surface area contributed by atoms with Gasteiger partial charge in [0.05, 0.1) is 24.0 Å². The van der Waals surface area contributed by atoms with Gasteiger partial charge in [0.1, 0.15) is 12.4 Å². The van der Waals surface area contributed by atoms with Crippen LogP contribution in [0, 0.1) is 6.92 Å². The highest BCUT2D eigenvalue weighted by Gasteiger charge is 2.29. The van der Waals surface area contributed by atoms with Gasteiger partial charge in [0, 0.05) is 44.2 Å². The number of aromatic amines is 1. The fourth-order valence-corrected chi connectivity index (χ4v) is 4.93. The van der Waals surface area contributed by atoms with Crippen LogP contribution in [0.1, 0.15) is 34.7 Å². The summed E-state index contributed by atoms with van der Waals surface area (Å²) in [4.78, 5) is 12.1. The molecule has 1 fully saturated rings. The zero-order valence-corrected chi connectivity index (χ0v) is 18.3. The van der Waals surface area contributed by atoms with Gasteiger partial charge in [-0.05, 0) is 49.3 Å². The highest BCUT2D eigenvalue weighted by atomic mass is 16.5. The SMILES string of the molecule is COCCOc1nc2c(c(N3CCNCC3)n1)CCC(c1c(C)ccc3[nH]ncc13)C2. The van der Waals surface area contributed by atoms with Gasteiger partial charge in [-0.3, -0.25) is 5.10 Å². The third kappa shape index (κ3) is 3.97. The molecule has 0 spiro atoms. The van der Waals surface area contributed by atoms with Crippen molar-refractivity contribution in [2.24, 2.45) is 0 Å². The molecule has 3 aromatic rings. The highest BCUT2D eigenvalue weighted by Crippen LogP contribution is 2.39. The van der Waals surface area contributed by atoms with Crippen LogP contribution in [0.4, 0.5) is 5.82 Å². The topological polar surface area (TPSA) is 88.2 Å². The summed E-state index contributed by atoms with van der Waals surface area (Å²) >= 11 is 0. The van der Waals surface area contributed by atoms with E-state index in [4.69, 9.17) is 19.4 Å². The number of ether oxygens (including phenoxy) is 2. The molecule has 8 heteroatoms. The van der Waals surface area contributed by atoms with Crippen LogP contribution in [0.2, 0.25) is 0 Å². The average Bonchev–Trinajstić information content (AvgIpc) is 3.27. The van der Waals surface area contributed by atoms with Crippen LogP contribution in [-0.4, -0.2) is 66.7 Å². The fourth-order valence-electron chi connectivity index (χ4n) is 4.93. The molecule has 5 rings (SSSR count). The van der Waals surface area contributed by atoms with Gasteiger partial charge in [0.25, 0.3) is 0 Å². The van der Waals surface area contributed by atoms with E-state index in [2.05, 4.69) is 39.5 Å². The molecule has 2 N–H and O–H groups in total. The van der Waals surface area contributed by atoms with Gasteiger partial charge in [-0.2, -0.15) is 15.1 Å². The Morgan fingerprint density at radius 2 is 2.03 bits per heavy atom. The molecule has 0 bridgehead atoms. The number of aryl methyl sites for hydroxylation is 1. The standard InChI is InChI=1S/C23H30N6O2/c1-15-3-6-19-18(14-25-28-19)21(15)16-4-5-17-20(13-16)26-23(31-12-11-30-2)27-22(17)29-9-7-24-8-10-29/h3,6,14,16,24H,4-5,7-13H2,1-2H3,(H,25,28). The van der Waals surface area contributed by atoms with Crippen molar-refractivity contribution >= 4 is 16.7 Å². The maximum Gasteiger partial charge on any atom is 0.318 e. The number of nitrogens with one attached hydrogen (secondary N) is 2. The van der Waals surface area contributed by atoms with E-state index in [9.17, 15) is 0 Å². The molecule has 3 heterocycles. The third-order valence-electron chi connectivity index (χ3n) is 6.46. The first-order valence-electron chi connectivity index (χ1n) is 11.1. The highest BCUT2D eigenvalue weighted by molar-refractivity contribution is 5.83. The molecule has 1 unspecified atom stereocenters. The first-order valence-corrected chi connectivity index (χ1v) is 11.1. The summed E-state index contributed by atoms with van der Waals surface area (Å²) in [5, 5.41) is 12.0. The number of nitrogens with zero attached hydrogens (tertiary/aromatic N) is 4. The van der Waals surface area contributed by atoms with E-state index in [1.54, 1.807) is 7.11 Å². The number of hydrogen-bond donors (Lipinski definition) is 2. The van der Waals surface area contributed by atoms with Crippen molar-refractivity contribution in [1.29, 1.82) is 0 Å². The third-order valence-corrected chi connectivity index (χ3v) is 6.46. The van der Waals surface area contributed by atoms with E-state index in [0.717, 1.165) is 62.5 Å². The number of fused-ring (bicyclic) bond motifs is 2. The van der Waals surface area contributed by atoms with Crippen LogP contribution in [0.3, 0.4) is 0 Å². The molecular formula is C23H30N6O2. The van der Waals surface area contributed by atoms with Crippen LogP contribution in [-0.2, 0) is 17.6 Å². The number of anilines is 1. The summed E-state index contributed by atoms with van der Waals surface area (Å²) in [5.74, 6) is 1.46. The zero-order valence-electron chi connectivity index (χ0n) is 18.3. The number of piperazine rings is 1. The van der Waals surface area contributed by atoms with Gasteiger partial charge in [-0.25, -0.2) is 0 Å². The Labute approximate surface area is 182 Å². The Kier molecular flexibility index (Phi) is 5.74. The summed E-state index contributed by atoms with van der Waals surface area (Å²) < 4.78 is 11.0. The molecule has 2 aliphatic rings. The fraction of sp³-hybridized carbons (Fsp3) is 0.522. The molecule has 1 aliphatic carbocycles. The lowest BCUT2D eigenvalue weighted by atomic mass is 9.79. The molecule has 8 nitrogen and oxygen atoms in total. The van der Waals surface area contributed by atoms with Gasteiger partial charge >= 0.3 is 6.01 Å². The van der Waals surface area contributed by atoms with E-state index in [-0.39, 0.29) is 0 Å². The lowest BCUT2D eigenvalue weighted by Crippen LogP contribution is -2.44. The van der Waals surface area contributed by atoms with E-state index in [1.165, 1.54) is 22.1 Å². The number of methoxy groups -OCH3 is 1. The lowest BCUT2D eigenvalue weighted by molar-refractivity contribution is 0.140. The smallest absolute Gasteiger partial charge is 0.318 e. The largest absolute Gasteiger partial charge is 0.461 e. The zero-order chi connectivity index (χ0) is 21.2. The van der Waals surface area contributed by atoms with E-state index in [1.807, 2.05) is 6.20 Å². The normalized spacial score (nSPS) is 18.9. The molecule has 0 amide bonds. The number of H-pyrrole nitrogens is 1. The number of aromatic nitrogens is 4. The van der Waals surface area contributed by atoms with Crippen molar-refractivity contribution in [2.75, 3.05) is 51.4 Å². The Hall–Kier alpha value is -2.71. The molecule has 164 valence electrons. The van der Waals surface area contributed by atoms with Crippen LogP contribution < -0.4 is 15.0 Å². The number of benzene rings is 1. The molecule has 0 saturated carbocycles. The first kappa shape index (κ1) is 20.2. The number of rotatable bonds is 6. The molecule has 1 aliphatic heterocycles. The second-order valence-corrected chi connectivity index (χ2v) is 8.40. The molecule has 2 aromatic heterocycles. The lowest BCUT2D eigenvalue weighted by Gasteiger charge is -2.33. The van der Waals surface area contributed by atoms with Crippen molar-refractivity contribution < 1.29 is 9.47 Å². The Bertz CT molecular complexity index is 1060. The predicted octanol–water partition coefficient (Wildman–Crippen LogP) is 2.37. The molecule has 1 saturated heterocycles. The minimum absolute atomic E-state index is 0.409. The first-order chi connectivity index (χ1) is 15.2.